The molecule has 1 amide bonds. The third kappa shape index (κ3) is 2.91. The van der Waals surface area contributed by atoms with Gasteiger partial charge in [0, 0.05) is 13.0 Å². The van der Waals surface area contributed by atoms with E-state index in [0.29, 0.717) is 18.8 Å². The summed E-state index contributed by atoms with van der Waals surface area (Å²) in [6.07, 6.45) is 2.82. The summed E-state index contributed by atoms with van der Waals surface area (Å²) in [5.74, 6) is -0.667. The van der Waals surface area contributed by atoms with Crippen molar-refractivity contribution in [3.63, 3.8) is 0 Å². The Labute approximate surface area is 125 Å². The number of aliphatic imine (C=N–C) groups is 3. The van der Waals surface area contributed by atoms with Crippen molar-refractivity contribution in [3.05, 3.63) is 35.9 Å². The number of rotatable bonds is 5. The lowest BCUT2D eigenvalue weighted by molar-refractivity contribution is -0.117. The molecule has 108 valence electrons. The van der Waals surface area contributed by atoms with Crippen molar-refractivity contribution in [2.45, 2.75) is 18.8 Å². The Hall–Kier alpha value is -1.91. The summed E-state index contributed by atoms with van der Waals surface area (Å²) >= 11 is 0. The maximum Gasteiger partial charge on any atom is 0.276 e. The molecule has 0 aliphatic carbocycles. The first-order valence-corrected chi connectivity index (χ1v) is 7.56. The van der Waals surface area contributed by atoms with Crippen LogP contribution in [-0.2, 0) is 11.3 Å². The fourth-order valence-electron chi connectivity index (χ4n) is 2.30. The Morgan fingerprint density at radius 3 is 2.86 bits per heavy atom. The molecule has 0 saturated carbocycles. The smallest absolute Gasteiger partial charge is 0.276 e. The number of nitrogens with one attached hydrogen (secondary N) is 2. The van der Waals surface area contributed by atoms with Gasteiger partial charge >= 0.3 is 0 Å². The molecule has 1 aromatic rings. The predicted molar refractivity (Wildman–Crippen MR) is 86.7 cm³/mol. The topological polar surface area (TPSA) is 78.2 Å². The Morgan fingerprint density at radius 2 is 2.10 bits per heavy atom. The fourth-order valence-corrected chi connectivity index (χ4v) is 2.72. The van der Waals surface area contributed by atoms with Crippen molar-refractivity contribution in [1.82, 2.24) is 10.6 Å². The first-order valence-electron chi connectivity index (χ1n) is 6.74. The summed E-state index contributed by atoms with van der Waals surface area (Å²) in [6.45, 7) is 0.610. The third-order valence-corrected chi connectivity index (χ3v) is 3.63. The van der Waals surface area contributed by atoms with Gasteiger partial charge in [0.05, 0.1) is 0 Å². The number of fused-ring (bicyclic) bond motifs is 1. The summed E-state index contributed by atoms with van der Waals surface area (Å²) < 4.78 is 0. The molecule has 1 aromatic carbocycles. The number of carbonyl (C=O) groups excluding carboxylic acids is 1. The van der Waals surface area contributed by atoms with Gasteiger partial charge in [0.1, 0.15) is 6.34 Å². The molecule has 7 heteroatoms. The molecule has 0 fully saturated rings. The van der Waals surface area contributed by atoms with Crippen molar-refractivity contribution in [2.24, 2.45) is 15.0 Å². The monoisotopic (exact) mass is 301 g/mol. The van der Waals surface area contributed by atoms with Crippen LogP contribution in [0, 0.1) is 0 Å². The fraction of sp³-hybridized carbons (Fsp3) is 0.286. The largest absolute Gasteiger partial charge is 0.314 e. The second-order valence-electron chi connectivity index (χ2n) is 4.85. The average molecular weight is 301 g/mol. The van der Waals surface area contributed by atoms with Crippen molar-refractivity contribution in [3.8, 4) is 0 Å². The van der Waals surface area contributed by atoms with Crippen molar-refractivity contribution in [1.29, 1.82) is 0 Å². The molecule has 2 unspecified atom stereocenters. The summed E-state index contributed by atoms with van der Waals surface area (Å²) in [6, 6.07) is 9.99. The molecule has 2 N–H and O–H groups in total. The zero-order valence-electron chi connectivity index (χ0n) is 11.4. The second kappa shape index (κ2) is 5.84. The molecular formula is C14H16N5OP. The molecule has 2 heterocycles. The van der Waals surface area contributed by atoms with E-state index >= 15 is 0 Å². The van der Waals surface area contributed by atoms with E-state index in [1.807, 2.05) is 30.3 Å². The summed E-state index contributed by atoms with van der Waals surface area (Å²) in [5.41, 5.74) is 1.42. The average Bonchev–Trinajstić information content (AvgIpc) is 2.95. The van der Waals surface area contributed by atoms with Crippen LogP contribution in [0.15, 0.2) is 45.3 Å². The van der Waals surface area contributed by atoms with Crippen LogP contribution in [0.5, 0.6) is 0 Å². The zero-order chi connectivity index (χ0) is 14.7. The summed E-state index contributed by atoms with van der Waals surface area (Å²) in [4.78, 5) is 24.7. The number of amidine groups is 1. The van der Waals surface area contributed by atoms with E-state index in [2.05, 4.69) is 34.9 Å². The Balaban J connectivity index is 1.83. The van der Waals surface area contributed by atoms with Gasteiger partial charge in [0.15, 0.2) is 17.3 Å². The van der Waals surface area contributed by atoms with E-state index in [0.717, 1.165) is 11.7 Å². The molecule has 0 aromatic heterocycles. The third-order valence-electron chi connectivity index (χ3n) is 3.34. The standard InChI is InChI=1S/C14H16N5OP/c20-13-11-12(16-9-15-11)18-14(19-13,6-7-21)17-8-10-4-2-1-3-5-10/h1-5,9,17H,6-8,21H2,(H,19,20). The summed E-state index contributed by atoms with van der Waals surface area (Å²) in [7, 11) is 2.66. The number of benzene rings is 1. The maximum atomic E-state index is 12.1. The predicted octanol–water partition coefficient (Wildman–Crippen LogP) is 0.706. The van der Waals surface area contributed by atoms with Gasteiger partial charge in [-0.25, -0.2) is 15.0 Å². The molecule has 2 aliphatic rings. The molecule has 0 radical (unpaired) electrons. The molecule has 3 rings (SSSR count). The normalized spacial score (nSPS) is 23.4. The van der Waals surface area contributed by atoms with E-state index in [4.69, 9.17) is 0 Å². The van der Waals surface area contributed by atoms with Gasteiger partial charge in [0.25, 0.3) is 5.91 Å². The van der Waals surface area contributed by atoms with E-state index in [-0.39, 0.29) is 11.6 Å². The molecule has 0 saturated heterocycles. The first-order chi connectivity index (χ1) is 10.2. The van der Waals surface area contributed by atoms with Gasteiger partial charge in [0.2, 0.25) is 0 Å². The van der Waals surface area contributed by atoms with Crippen LogP contribution in [0.4, 0.5) is 0 Å². The van der Waals surface area contributed by atoms with Crippen LogP contribution in [0.1, 0.15) is 12.0 Å². The van der Waals surface area contributed by atoms with Crippen LogP contribution in [-0.4, -0.2) is 35.7 Å². The Morgan fingerprint density at radius 1 is 1.29 bits per heavy atom. The van der Waals surface area contributed by atoms with Crippen LogP contribution in [0.25, 0.3) is 0 Å². The minimum atomic E-state index is -0.829. The lowest BCUT2D eigenvalue weighted by Crippen LogP contribution is -2.62. The lowest BCUT2D eigenvalue weighted by Gasteiger charge is -2.34. The van der Waals surface area contributed by atoms with Crippen LogP contribution in [0.2, 0.25) is 0 Å². The Bertz CT molecular complexity index is 640. The highest BCUT2D eigenvalue weighted by Gasteiger charge is 2.39. The number of hydrogen-bond donors (Lipinski definition) is 2. The number of amides is 1. The minimum absolute atomic E-state index is 0.239. The molecule has 0 spiro atoms. The van der Waals surface area contributed by atoms with E-state index in [1.54, 1.807) is 0 Å². The van der Waals surface area contributed by atoms with E-state index in [1.165, 1.54) is 6.34 Å². The zero-order valence-corrected chi connectivity index (χ0v) is 12.6. The highest BCUT2D eigenvalue weighted by atomic mass is 31.0. The number of hydrogen-bond acceptors (Lipinski definition) is 5. The Kier molecular flexibility index (Phi) is 3.90. The number of nitrogens with zero attached hydrogens (tertiary/aromatic N) is 3. The van der Waals surface area contributed by atoms with Gasteiger partial charge in [-0.3, -0.25) is 10.1 Å². The van der Waals surface area contributed by atoms with Crippen molar-refractivity contribution >= 4 is 33.0 Å². The van der Waals surface area contributed by atoms with Gasteiger partial charge in [-0.05, 0) is 11.7 Å². The van der Waals surface area contributed by atoms with Gasteiger partial charge in [-0.1, -0.05) is 30.3 Å². The first kappa shape index (κ1) is 14.0. The molecule has 6 nitrogen and oxygen atoms in total. The quantitative estimate of drug-likeness (QED) is 0.786. The van der Waals surface area contributed by atoms with Gasteiger partial charge in [-0.15, -0.1) is 9.24 Å². The van der Waals surface area contributed by atoms with Crippen molar-refractivity contribution < 1.29 is 4.79 Å². The SMILES string of the molecule is O=C1NC(CCP)(NCc2ccccc2)N=C2N=CN=C12. The molecule has 2 atom stereocenters. The molecule has 2 aliphatic heterocycles. The molecule has 21 heavy (non-hydrogen) atoms. The van der Waals surface area contributed by atoms with Gasteiger partial charge in [-0.2, -0.15) is 0 Å². The van der Waals surface area contributed by atoms with Crippen LogP contribution < -0.4 is 10.6 Å². The lowest BCUT2D eigenvalue weighted by atomic mass is 10.1. The van der Waals surface area contributed by atoms with Crippen LogP contribution in [0.3, 0.4) is 0 Å². The highest BCUT2D eigenvalue weighted by Crippen LogP contribution is 2.18. The maximum absolute atomic E-state index is 12.1. The van der Waals surface area contributed by atoms with Gasteiger partial charge < -0.3 is 5.32 Å². The van der Waals surface area contributed by atoms with Crippen LogP contribution >= 0.6 is 9.24 Å². The number of carbonyl (C=O) groups is 1. The highest BCUT2D eigenvalue weighted by molar-refractivity contribution is 7.16. The summed E-state index contributed by atoms with van der Waals surface area (Å²) in [5, 5.41) is 6.24. The van der Waals surface area contributed by atoms with Crippen molar-refractivity contribution in [2.75, 3.05) is 6.16 Å². The molecule has 0 bridgehead atoms. The second-order valence-corrected chi connectivity index (χ2v) is 5.43. The van der Waals surface area contributed by atoms with E-state index in [9.17, 15) is 4.79 Å². The van der Waals surface area contributed by atoms with E-state index < -0.39 is 5.79 Å². The molecular weight excluding hydrogens is 285 g/mol. The minimum Gasteiger partial charge on any atom is -0.314 e.